The molecular formula is C11H16N6O2. The second-order valence-electron chi connectivity index (χ2n) is 4.85. The van der Waals surface area contributed by atoms with E-state index < -0.39 is 6.10 Å². The monoisotopic (exact) mass is 264 g/mol. The number of fused-ring (bicyclic) bond motifs is 1. The molecule has 8 nitrogen and oxygen atoms in total. The molecular weight excluding hydrogens is 248 g/mol. The highest BCUT2D eigenvalue weighted by atomic mass is 16.3. The maximum absolute atomic E-state index is 9.86. The van der Waals surface area contributed by atoms with Gasteiger partial charge in [-0.25, -0.2) is 4.98 Å². The number of nitrogens with zero attached hydrogens (tertiary/aromatic N) is 4. The van der Waals surface area contributed by atoms with E-state index in [2.05, 4.69) is 15.0 Å². The van der Waals surface area contributed by atoms with E-state index in [-0.39, 0.29) is 30.3 Å². The largest absolute Gasteiger partial charge is 0.396 e. The van der Waals surface area contributed by atoms with Gasteiger partial charge in [0.15, 0.2) is 11.5 Å². The lowest BCUT2D eigenvalue weighted by Crippen LogP contribution is -2.25. The number of nitrogens with two attached hydrogens (primary N) is 2. The number of imidazole rings is 1. The number of aromatic nitrogens is 4. The molecule has 19 heavy (non-hydrogen) atoms. The molecule has 1 aliphatic carbocycles. The summed E-state index contributed by atoms with van der Waals surface area (Å²) in [5, 5.41) is 19.3. The summed E-state index contributed by atoms with van der Waals surface area (Å²) in [6.45, 7) is -0.0818. The van der Waals surface area contributed by atoms with Gasteiger partial charge < -0.3 is 26.2 Å². The Labute approximate surface area is 109 Å². The van der Waals surface area contributed by atoms with Gasteiger partial charge in [0.25, 0.3) is 0 Å². The summed E-state index contributed by atoms with van der Waals surface area (Å²) < 4.78 is 1.82. The molecule has 1 saturated carbocycles. The molecule has 3 atom stereocenters. The fraction of sp³-hybridized carbons (Fsp3) is 0.545. The van der Waals surface area contributed by atoms with E-state index in [4.69, 9.17) is 11.5 Å². The van der Waals surface area contributed by atoms with Crippen LogP contribution in [0.15, 0.2) is 6.33 Å². The maximum atomic E-state index is 9.86. The van der Waals surface area contributed by atoms with E-state index in [1.165, 1.54) is 0 Å². The van der Waals surface area contributed by atoms with Gasteiger partial charge in [-0.2, -0.15) is 9.97 Å². The smallest absolute Gasteiger partial charge is 0.224 e. The number of nitrogen functional groups attached to an aromatic ring is 2. The Morgan fingerprint density at radius 3 is 2.84 bits per heavy atom. The van der Waals surface area contributed by atoms with Gasteiger partial charge in [-0.3, -0.25) is 0 Å². The molecule has 3 rings (SSSR count). The molecule has 0 radical (unpaired) electrons. The molecule has 0 spiro atoms. The highest BCUT2D eigenvalue weighted by Crippen LogP contribution is 2.37. The van der Waals surface area contributed by atoms with Gasteiger partial charge in [0.2, 0.25) is 5.95 Å². The minimum Gasteiger partial charge on any atom is -0.396 e. The fourth-order valence-corrected chi connectivity index (χ4v) is 2.81. The highest BCUT2D eigenvalue weighted by molar-refractivity contribution is 5.82. The van der Waals surface area contributed by atoms with Gasteiger partial charge in [-0.1, -0.05) is 0 Å². The Bertz CT molecular complexity index is 612. The molecule has 1 aliphatic rings. The molecule has 2 heterocycles. The normalized spacial score (nSPS) is 27.2. The van der Waals surface area contributed by atoms with Crippen molar-refractivity contribution in [1.82, 2.24) is 19.5 Å². The second-order valence-corrected chi connectivity index (χ2v) is 4.85. The summed E-state index contributed by atoms with van der Waals surface area (Å²) in [4.78, 5) is 12.2. The summed E-state index contributed by atoms with van der Waals surface area (Å²) in [7, 11) is 0. The van der Waals surface area contributed by atoms with Gasteiger partial charge >= 0.3 is 0 Å². The van der Waals surface area contributed by atoms with Gasteiger partial charge in [-0.05, 0) is 12.8 Å². The first-order valence-electron chi connectivity index (χ1n) is 6.16. The zero-order chi connectivity index (χ0) is 13.6. The zero-order valence-electron chi connectivity index (χ0n) is 10.3. The van der Waals surface area contributed by atoms with Crippen LogP contribution in [0.5, 0.6) is 0 Å². The van der Waals surface area contributed by atoms with Crippen LogP contribution in [0, 0.1) is 5.92 Å². The minimum absolute atomic E-state index is 0.0568. The van der Waals surface area contributed by atoms with Crippen LogP contribution < -0.4 is 11.5 Å². The molecule has 6 N–H and O–H groups in total. The lowest BCUT2D eigenvalue weighted by Gasteiger charge is -2.21. The van der Waals surface area contributed by atoms with Crippen LogP contribution >= 0.6 is 0 Å². The first-order valence-corrected chi connectivity index (χ1v) is 6.16. The summed E-state index contributed by atoms with van der Waals surface area (Å²) >= 11 is 0. The van der Waals surface area contributed by atoms with E-state index in [0.29, 0.717) is 17.6 Å². The predicted molar refractivity (Wildman–Crippen MR) is 69.0 cm³/mol. The number of hydrogen-bond acceptors (Lipinski definition) is 7. The highest BCUT2D eigenvalue weighted by Gasteiger charge is 2.36. The molecule has 0 saturated heterocycles. The van der Waals surface area contributed by atoms with Crippen LogP contribution in [0.1, 0.15) is 18.9 Å². The van der Waals surface area contributed by atoms with Crippen LogP contribution in [0.25, 0.3) is 11.2 Å². The van der Waals surface area contributed by atoms with Gasteiger partial charge in [0.05, 0.1) is 19.0 Å². The summed E-state index contributed by atoms with van der Waals surface area (Å²) in [6.07, 6.45) is 2.50. The third kappa shape index (κ3) is 1.80. The molecule has 0 aromatic carbocycles. The molecule has 0 unspecified atom stereocenters. The van der Waals surface area contributed by atoms with Crippen molar-refractivity contribution in [3.63, 3.8) is 0 Å². The van der Waals surface area contributed by atoms with Crippen molar-refractivity contribution < 1.29 is 10.2 Å². The SMILES string of the molecule is Nc1nc(N)c2ncn([C@H]3CC[C@H](O)[C@H]3CO)c2n1. The Balaban J connectivity index is 2.11. The van der Waals surface area contributed by atoms with Crippen molar-refractivity contribution in [2.75, 3.05) is 18.1 Å². The molecule has 0 bridgehead atoms. The standard InChI is InChI=1S/C11H16N6O2/c12-9-8-10(16-11(13)15-9)17(4-14-8)6-1-2-7(19)5(6)3-18/h4-7,18-19H,1-3H2,(H4,12,13,15,16)/t5-,6-,7-/m0/s1. The van der Waals surface area contributed by atoms with Crippen molar-refractivity contribution in [1.29, 1.82) is 0 Å². The van der Waals surface area contributed by atoms with Gasteiger partial charge in [0.1, 0.15) is 5.52 Å². The van der Waals surface area contributed by atoms with Gasteiger partial charge in [-0.15, -0.1) is 0 Å². The number of rotatable bonds is 2. The Kier molecular flexibility index (Phi) is 2.76. The fourth-order valence-electron chi connectivity index (χ4n) is 2.81. The third-order valence-electron chi connectivity index (χ3n) is 3.78. The van der Waals surface area contributed by atoms with Crippen molar-refractivity contribution in [3.05, 3.63) is 6.33 Å². The van der Waals surface area contributed by atoms with Crippen LogP contribution in [-0.2, 0) is 0 Å². The molecule has 8 heteroatoms. The number of aliphatic hydroxyl groups excluding tert-OH is 2. The second kappa shape index (κ2) is 4.32. The average molecular weight is 264 g/mol. The van der Waals surface area contributed by atoms with Gasteiger partial charge in [0, 0.05) is 12.0 Å². The van der Waals surface area contributed by atoms with Crippen LogP contribution in [0.3, 0.4) is 0 Å². The third-order valence-corrected chi connectivity index (χ3v) is 3.78. The molecule has 0 amide bonds. The lowest BCUT2D eigenvalue weighted by atomic mass is 10.0. The lowest BCUT2D eigenvalue weighted by molar-refractivity contribution is 0.0747. The Morgan fingerprint density at radius 2 is 2.11 bits per heavy atom. The van der Waals surface area contributed by atoms with E-state index in [1.54, 1.807) is 6.33 Å². The number of aliphatic hydroxyl groups is 2. The summed E-state index contributed by atoms with van der Waals surface area (Å²) in [5.41, 5.74) is 12.4. The number of hydrogen-bond donors (Lipinski definition) is 4. The Hall–Kier alpha value is -1.93. The minimum atomic E-state index is -0.510. The molecule has 2 aromatic rings. The first kappa shape index (κ1) is 12.1. The summed E-state index contributed by atoms with van der Waals surface area (Å²) in [5.74, 6) is 0.0982. The zero-order valence-corrected chi connectivity index (χ0v) is 10.3. The van der Waals surface area contributed by atoms with E-state index in [1.807, 2.05) is 4.57 Å². The van der Waals surface area contributed by atoms with Crippen LogP contribution in [-0.4, -0.2) is 42.4 Å². The Morgan fingerprint density at radius 1 is 1.32 bits per heavy atom. The molecule has 0 aliphatic heterocycles. The van der Waals surface area contributed by atoms with Crippen molar-refractivity contribution in [3.8, 4) is 0 Å². The quantitative estimate of drug-likeness (QED) is 0.562. The van der Waals surface area contributed by atoms with Crippen molar-refractivity contribution >= 4 is 22.9 Å². The average Bonchev–Trinajstić information content (AvgIpc) is 2.92. The van der Waals surface area contributed by atoms with E-state index >= 15 is 0 Å². The van der Waals surface area contributed by atoms with E-state index in [9.17, 15) is 10.2 Å². The van der Waals surface area contributed by atoms with Crippen molar-refractivity contribution in [2.45, 2.75) is 25.0 Å². The first-order chi connectivity index (χ1) is 9.11. The molecule has 102 valence electrons. The van der Waals surface area contributed by atoms with Crippen LogP contribution in [0.4, 0.5) is 11.8 Å². The molecule has 2 aromatic heterocycles. The number of anilines is 2. The summed E-state index contributed by atoms with van der Waals surface area (Å²) in [6, 6.07) is -0.0568. The predicted octanol–water partition coefficient (Wildman–Crippen LogP) is -0.705. The maximum Gasteiger partial charge on any atom is 0.224 e. The van der Waals surface area contributed by atoms with Crippen LogP contribution in [0.2, 0.25) is 0 Å². The molecule has 1 fully saturated rings. The van der Waals surface area contributed by atoms with E-state index in [0.717, 1.165) is 6.42 Å². The topological polar surface area (TPSA) is 136 Å². The van der Waals surface area contributed by atoms with Crippen molar-refractivity contribution in [2.24, 2.45) is 5.92 Å².